The molecule has 1 saturated heterocycles. The number of rotatable bonds is 10. The third-order valence-electron chi connectivity index (χ3n) is 9.68. The first kappa shape index (κ1) is 39.9. The standard InChI is InChI=1S/C34H43F3N4O2.3ClH/c1-21(2)33(34(42)43)39(3)28-17-25(29(19-28)24-6-5-7-26(35)16-24)20-41-12-10-23(11-13-41)32-18-27(38-40(32)4)14-22-8-9-30(36)31(37)15-22;;;/h5-9,15-16,18,21,23,25,28-29,33H,10-14,17,19-20H2,1-4H3,(H,42,43);3*1H/t25?,28?,29?,33-;;;/m1.../s1. The smallest absolute Gasteiger partial charge is 0.321 e. The molecule has 1 saturated carbocycles. The van der Waals surface area contributed by atoms with Gasteiger partial charge in [-0.15, -0.1) is 37.2 Å². The number of likely N-dealkylation sites (tertiary alicyclic amines) is 1. The second-order valence-corrected chi connectivity index (χ2v) is 12.9. The van der Waals surface area contributed by atoms with Gasteiger partial charge in [0, 0.05) is 37.7 Å². The Bertz CT molecular complexity index is 1430. The Morgan fingerprint density at radius 2 is 1.70 bits per heavy atom. The lowest BCUT2D eigenvalue weighted by Gasteiger charge is -2.35. The molecule has 1 aromatic heterocycles. The maximum absolute atomic E-state index is 14.3. The van der Waals surface area contributed by atoms with Crippen LogP contribution in [0.2, 0.25) is 0 Å². The fourth-order valence-electron chi connectivity index (χ4n) is 7.55. The third kappa shape index (κ3) is 9.19. The normalized spacial score (nSPS) is 21.0. The minimum absolute atomic E-state index is 0. The molecular weight excluding hydrogens is 660 g/mol. The average molecular weight is 706 g/mol. The molecule has 0 bridgehead atoms. The van der Waals surface area contributed by atoms with Crippen LogP contribution in [0, 0.1) is 29.3 Å². The van der Waals surface area contributed by atoms with Crippen molar-refractivity contribution in [1.29, 1.82) is 0 Å². The second kappa shape index (κ2) is 17.2. The molecule has 0 spiro atoms. The van der Waals surface area contributed by atoms with Crippen molar-refractivity contribution in [2.24, 2.45) is 18.9 Å². The predicted molar refractivity (Wildman–Crippen MR) is 182 cm³/mol. The summed E-state index contributed by atoms with van der Waals surface area (Å²) in [5.41, 5.74) is 3.68. The van der Waals surface area contributed by atoms with E-state index in [1.807, 2.05) is 43.6 Å². The minimum atomic E-state index is -0.848. The molecule has 46 heavy (non-hydrogen) atoms. The lowest BCUT2D eigenvalue weighted by Crippen LogP contribution is -2.47. The lowest BCUT2D eigenvalue weighted by atomic mass is 9.87. The van der Waals surface area contributed by atoms with Gasteiger partial charge in [-0.1, -0.05) is 32.0 Å². The van der Waals surface area contributed by atoms with Crippen LogP contribution >= 0.6 is 37.2 Å². The maximum atomic E-state index is 14.3. The molecule has 2 heterocycles. The van der Waals surface area contributed by atoms with Crippen molar-refractivity contribution in [3.05, 3.63) is 88.5 Å². The number of nitrogens with zero attached hydrogens (tertiary/aromatic N) is 4. The Hall–Kier alpha value is -2.30. The van der Waals surface area contributed by atoms with Crippen molar-refractivity contribution < 1.29 is 23.1 Å². The molecule has 2 aliphatic rings. The van der Waals surface area contributed by atoms with Crippen molar-refractivity contribution in [2.45, 2.75) is 69.9 Å². The van der Waals surface area contributed by atoms with Gasteiger partial charge in [0.25, 0.3) is 0 Å². The highest BCUT2D eigenvalue weighted by molar-refractivity contribution is 5.86. The SMILES string of the molecule is CC(C)[C@H](C(=O)O)N(C)C1CC(CN2CCC(c3cc(Cc4ccc(F)c(F)c4)nn3C)CC2)C(c2cccc(F)c2)C1.Cl.Cl.Cl. The number of carbonyl (C=O) groups is 1. The van der Waals surface area contributed by atoms with Gasteiger partial charge in [-0.3, -0.25) is 14.4 Å². The zero-order chi connectivity index (χ0) is 30.8. The Balaban J connectivity index is 0.00000245. The third-order valence-corrected chi connectivity index (χ3v) is 9.68. The summed E-state index contributed by atoms with van der Waals surface area (Å²) in [6, 6.07) is 12.5. The molecule has 3 aromatic rings. The van der Waals surface area contributed by atoms with Crippen LogP contribution < -0.4 is 0 Å². The molecule has 0 amide bonds. The molecule has 1 aliphatic carbocycles. The molecule has 5 rings (SSSR count). The van der Waals surface area contributed by atoms with Crippen LogP contribution in [-0.4, -0.2) is 69.4 Å². The predicted octanol–water partition coefficient (Wildman–Crippen LogP) is 7.48. The second-order valence-electron chi connectivity index (χ2n) is 12.9. The van der Waals surface area contributed by atoms with E-state index in [9.17, 15) is 23.1 Å². The van der Waals surface area contributed by atoms with Crippen molar-refractivity contribution in [3.63, 3.8) is 0 Å². The first-order valence-corrected chi connectivity index (χ1v) is 15.4. The molecular formula is C34H46Cl3F3N4O2. The quantitative estimate of drug-likeness (QED) is 0.237. The number of piperidine rings is 1. The van der Waals surface area contributed by atoms with E-state index in [0.29, 0.717) is 23.8 Å². The van der Waals surface area contributed by atoms with Gasteiger partial charge < -0.3 is 10.0 Å². The summed E-state index contributed by atoms with van der Waals surface area (Å²) in [5.74, 6) is -1.92. The summed E-state index contributed by atoms with van der Waals surface area (Å²) < 4.78 is 43.2. The van der Waals surface area contributed by atoms with Crippen LogP contribution in [0.15, 0.2) is 48.5 Å². The van der Waals surface area contributed by atoms with Gasteiger partial charge in [-0.2, -0.15) is 5.10 Å². The van der Waals surface area contributed by atoms with E-state index in [1.54, 1.807) is 18.2 Å². The Kier molecular flexibility index (Phi) is 14.9. The largest absolute Gasteiger partial charge is 0.480 e. The highest BCUT2D eigenvalue weighted by Crippen LogP contribution is 2.43. The van der Waals surface area contributed by atoms with E-state index < -0.39 is 23.6 Å². The van der Waals surface area contributed by atoms with E-state index in [0.717, 1.165) is 68.3 Å². The fourth-order valence-corrected chi connectivity index (χ4v) is 7.55. The number of carboxylic acid groups (broad SMARTS) is 1. The Morgan fingerprint density at radius 3 is 2.30 bits per heavy atom. The lowest BCUT2D eigenvalue weighted by molar-refractivity contribution is -0.145. The number of benzene rings is 2. The topological polar surface area (TPSA) is 61.6 Å². The van der Waals surface area contributed by atoms with E-state index in [2.05, 4.69) is 16.1 Å². The summed E-state index contributed by atoms with van der Waals surface area (Å²) in [7, 11) is 3.87. The average Bonchev–Trinajstić information content (AvgIpc) is 3.54. The molecule has 0 radical (unpaired) electrons. The van der Waals surface area contributed by atoms with Crippen LogP contribution in [-0.2, 0) is 18.3 Å². The number of hydrogen-bond acceptors (Lipinski definition) is 4. The van der Waals surface area contributed by atoms with E-state index in [4.69, 9.17) is 0 Å². The maximum Gasteiger partial charge on any atom is 0.321 e. The molecule has 12 heteroatoms. The number of likely N-dealkylation sites (N-methyl/N-ethyl adjacent to an activating group) is 1. The van der Waals surface area contributed by atoms with Gasteiger partial charge in [0.1, 0.15) is 11.9 Å². The highest BCUT2D eigenvalue weighted by Gasteiger charge is 2.42. The van der Waals surface area contributed by atoms with Crippen LogP contribution in [0.5, 0.6) is 0 Å². The molecule has 2 fully saturated rings. The highest BCUT2D eigenvalue weighted by atomic mass is 35.5. The number of aromatic nitrogens is 2. The van der Waals surface area contributed by atoms with E-state index in [-0.39, 0.29) is 60.9 Å². The van der Waals surface area contributed by atoms with Gasteiger partial charge in [0.15, 0.2) is 11.6 Å². The summed E-state index contributed by atoms with van der Waals surface area (Å²) >= 11 is 0. The summed E-state index contributed by atoms with van der Waals surface area (Å²) in [5, 5.41) is 14.6. The van der Waals surface area contributed by atoms with E-state index in [1.165, 1.54) is 12.1 Å². The molecule has 6 nitrogen and oxygen atoms in total. The number of carboxylic acids is 1. The van der Waals surface area contributed by atoms with Gasteiger partial charge in [0.05, 0.1) is 5.69 Å². The number of aryl methyl sites for hydroxylation is 1. The van der Waals surface area contributed by atoms with Gasteiger partial charge in [-0.05, 0) is 105 Å². The van der Waals surface area contributed by atoms with E-state index >= 15 is 0 Å². The monoisotopic (exact) mass is 704 g/mol. The van der Waals surface area contributed by atoms with Crippen molar-refractivity contribution in [2.75, 3.05) is 26.7 Å². The minimum Gasteiger partial charge on any atom is -0.480 e. The number of hydrogen-bond donors (Lipinski definition) is 1. The first-order chi connectivity index (χ1) is 20.5. The molecule has 256 valence electrons. The molecule has 1 aliphatic heterocycles. The number of halogens is 6. The fraction of sp³-hybridized carbons (Fsp3) is 0.529. The van der Waals surface area contributed by atoms with Crippen LogP contribution in [0.4, 0.5) is 13.2 Å². The van der Waals surface area contributed by atoms with Crippen LogP contribution in [0.25, 0.3) is 0 Å². The molecule has 1 N–H and O–H groups in total. The summed E-state index contributed by atoms with van der Waals surface area (Å²) in [6.07, 6.45) is 4.11. The van der Waals surface area contributed by atoms with Crippen molar-refractivity contribution >= 4 is 43.2 Å². The van der Waals surface area contributed by atoms with Crippen LogP contribution in [0.3, 0.4) is 0 Å². The van der Waals surface area contributed by atoms with Gasteiger partial charge >= 0.3 is 5.97 Å². The van der Waals surface area contributed by atoms with Crippen molar-refractivity contribution in [3.8, 4) is 0 Å². The Morgan fingerprint density at radius 1 is 1.00 bits per heavy atom. The summed E-state index contributed by atoms with van der Waals surface area (Å²) in [4.78, 5) is 16.6. The zero-order valence-electron chi connectivity index (χ0n) is 26.7. The Labute approximate surface area is 289 Å². The molecule has 3 unspecified atom stereocenters. The zero-order valence-corrected chi connectivity index (χ0v) is 29.2. The molecule has 4 atom stereocenters. The summed E-state index contributed by atoms with van der Waals surface area (Å²) in [6.45, 7) is 6.66. The van der Waals surface area contributed by atoms with Gasteiger partial charge in [-0.25, -0.2) is 13.2 Å². The first-order valence-electron chi connectivity index (χ1n) is 15.4. The van der Waals surface area contributed by atoms with Crippen LogP contribution in [0.1, 0.15) is 73.9 Å². The number of aliphatic carboxylic acids is 1. The molecule has 2 aromatic carbocycles. The van der Waals surface area contributed by atoms with Crippen molar-refractivity contribution in [1.82, 2.24) is 19.6 Å². The van der Waals surface area contributed by atoms with Gasteiger partial charge in [0.2, 0.25) is 0 Å².